The second-order valence-corrected chi connectivity index (χ2v) is 8.83. The molecule has 0 N–H and O–H groups in total. The molecule has 0 bridgehead atoms. The predicted octanol–water partition coefficient (Wildman–Crippen LogP) is 4.09. The highest BCUT2D eigenvalue weighted by Gasteiger charge is 2.42. The van der Waals surface area contributed by atoms with E-state index in [2.05, 4.69) is 50.4 Å². The first-order valence-corrected chi connectivity index (χ1v) is 11.2. The second kappa shape index (κ2) is 7.70. The molecule has 0 radical (unpaired) electrons. The van der Waals surface area contributed by atoms with Gasteiger partial charge in [0.1, 0.15) is 5.69 Å². The van der Waals surface area contributed by atoms with Crippen molar-refractivity contribution in [3.63, 3.8) is 0 Å². The number of fused-ring (bicyclic) bond motifs is 2. The van der Waals surface area contributed by atoms with Crippen LogP contribution in [0, 0.1) is 0 Å². The molecule has 3 aliphatic rings. The number of aromatic nitrogens is 3. The molecule has 31 heavy (non-hydrogen) atoms. The Labute approximate surface area is 181 Å². The van der Waals surface area contributed by atoms with Gasteiger partial charge >= 0.3 is 0 Å². The summed E-state index contributed by atoms with van der Waals surface area (Å²) >= 11 is 0. The van der Waals surface area contributed by atoms with Crippen LogP contribution < -0.4 is 0 Å². The van der Waals surface area contributed by atoms with Crippen LogP contribution in [0.15, 0.2) is 59.3 Å². The Balaban J connectivity index is 1.28. The average molecular weight is 415 g/mol. The zero-order chi connectivity index (χ0) is 20.7. The number of benzene rings is 1. The van der Waals surface area contributed by atoms with E-state index >= 15 is 0 Å². The molecule has 2 aliphatic heterocycles. The molecule has 4 heterocycles. The highest BCUT2D eigenvalue weighted by atomic mass is 16.5. The number of ether oxygens (including phenoxy) is 1. The van der Waals surface area contributed by atoms with E-state index in [0.29, 0.717) is 17.8 Å². The fourth-order valence-electron chi connectivity index (χ4n) is 5.32. The molecule has 1 spiro atoms. The molecular weight excluding hydrogens is 388 g/mol. The summed E-state index contributed by atoms with van der Waals surface area (Å²) in [6.07, 6.45) is 9.14. The highest BCUT2D eigenvalue weighted by Crippen LogP contribution is 2.48. The van der Waals surface area contributed by atoms with Gasteiger partial charge in [0.05, 0.1) is 6.10 Å². The molecule has 1 unspecified atom stereocenters. The summed E-state index contributed by atoms with van der Waals surface area (Å²) in [6, 6.07) is 14.4. The Hall–Kier alpha value is -2.83. The van der Waals surface area contributed by atoms with Crippen molar-refractivity contribution in [2.45, 2.75) is 37.2 Å². The number of allylic oxidation sites excluding steroid dienone is 1. The van der Waals surface area contributed by atoms with Gasteiger partial charge in [-0.3, -0.25) is 4.98 Å². The minimum atomic E-state index is 0.0403. The van der Waals surface area contributed by atoms with Crippen LogP contribution >= 0.6 is 0 Å². The van der Waals surface area contributed by atoms with Crippen LogP contribution in [0.5, 0.6) is 0 Å². The van der Waals surface area contributed by atoms with Crippen molar-refractivity contribution in [2.24, 2.45) is 0 Å². The lowest BCUT2D eigenvalue weighted by Crippen LogP contribution is -2.43. The molecule has 6 nitrogen and oxygen atoms in total. The lowest BCUT2D eigenvalue weighted by atomic mass is 9.74. The first kappa shape index (κ1) is 18.9. The highest BCUT2D eigenvalue weighted by molar-refractivity contribution is 5.84. The maximum atomic E-state index is 5.86. The first-order chi connectivity index (χ1) is 15.3. The normalized spacial score (nSPS) is 22.6. The molecule has 6 heteroatoms. The molecule has 1 atom stereocenters. The molecule has 2 saturated heterocycles. The van der Waals surface area contributed by atoms with Gasteiger partial charge in [0.25, 0.3) is 5.89 Å². The topological polar surface area (TPSA) is 64.3 Å². The SMILES string of the molecule is C1=C(c2nc(-c3ccccn3)no2)c2ccccc2C12CCN(CC1CCCO1)CC2. The van der Waals surface area contributed by atoms with Crippen molar-refractivity contribution in [3.05, 3.63) is 71.8 Å². The number of piperidine rings is 1. The van der Waals surface area contributed by atoms with Crippen LogP contribution in [0.1, 0.15) is 42.7 Å². The van der Waals surface area contributed by atoms with E-state index in [4.69, 9.17) is 9.26 Å². The number of likely N-dealkylation sites (tertiary alicyclic amines) is 1. The fourth-order valence-corrected chi connectivity index (χ4v) is 5.32. The van der Waals surface area contributed by atoms with Crippen LogP contribution in [-0.4, -0.2) is 52.4 Å². The van der Waals surface area contributed by atoms with Gasteiger partial charge in [-0.15, -0.1) is 0 Å². The summed E-state index contributed by atoms with van der Waals surface area (Å²) in [4.78, 5) is 11.6. The van der Waals surface area contributed by atoms with E-state index in [1.165, 1.54) is 24.0 Å². The van der Waals surface area contributed by atoms with Gasteiger partial charge in [0.2, 0.25) is 5.82 Å². The van der Waals surface area contributed by atoms with Crippen LogP contribution in [0.3, 0.4) is 0 Å². The Morgan fingerprint density at radius 2 is 1.94 bits per heavy atom. The van der Waals surface area contributed by atoms with Crippen molar-refractivity contribution in [1.29, 1.82) is 0 Å². The number of hydrogen-bond acceptors (Lipinski definition) is 6. The molecule has 158 valence electrons. The smallest absolute Gasteiger partial charge is 0.258 e. The Bertz CT molecular complexity index is 1090. The van der Waals surface area contributed by atoms with E-state index in [9.17, 15) is 0 Å². The molecule has 1 aromatic carbocycles. The fraction of sp³-hybridized carbons (Fsp3) is 0.400. The number of rotatable bonds is 4. The third-order valence-corrected chi connectivity index (χ3v) is 6.96. The van der Waals surface area contributed by atoms with Crippen LogP contribution in [-0.2, 0) is 10.2 Å². The minimum Gasteiger partial charge on any atom is -0.377 e. The number of hydrogen-bond donors (Lipinski definition) is 0. The van der Waals surface area contributed by atoms with Gasteiger partial charge in [0.15, 0.2) is 0 Å². The number of nitrogens with zero attached hydrogens (tertiary/aromatic N) is 4. The van der Waals surface area contributed by atoms with Gasteiger partial charge in [-0.1, -0.05) is 41.6 Å². The average Bonchev–Trinajstić information content (AvgIpc) is 3.57. The summed E-state index contributed by atoms with van der Waals surface area (Å²) in [6.45, 7) is 4.15. The van der Waals surface area contributed by atoms with E-state index in [-0.39, 0.29) is 5.41 Å². The maximum absolute atomic E-state index is 5.86. The molecule has 6 rings (SSSR count). The molecule has 3 aromatic rings. The van der Waals surface area contributed by atoms with Crippen molar-refractivity contribution in [3.8, 4) is 11.5 Å². The van der Waals surface area contributed by atoms with Crippen molar-refractivity contribution in [1.82, 2.24) is 20.0 Å². The van der Waals surface area contributed by atoms with Gasteiger partial charge in [-0.2, -0.15) is 4.98 Å². The van der Waals surface area contributed by atoms with Crippen LogP contribution in [0.2, 0.25) is 0 Å². The Morgan fingerprint density at radius 3 is 2.74 bits per heavy atom. The Morgan fingerprint density at radius 1 is 1.06 bits per heavy atom. The summed E-state index contributed by atoms with van der Waals surface area (Å²) < 4.78 is 11.6. The van der Waals surface area contributed by atoms with Crippen molar-refractivity contribution < 1.29 is 9.26 Å². The van der Waals surface area contributed by atoms with E-state index in [1.54, 1.807) is 6.20 Å². The summed E-state index contributed by atoms with van der Waals surface area (Å²) in [7, 11) is 0. The van der Waals surface area contributed by atoms with Gasteiger partial charge in [0, 0.05) is 30.3 Å². The molecule has 2 fully saturated rings. The van der Waals surface area contributed by atoms with Gasteiger partial charge < -0.3 is 14.2 Å². The summed E-state index contributed by atoms with van der Waals surface area (Å²) in [5.74, 6) is 1.10. The largest absolute Gasteiger partial charge is 0.377 e. The first-order valence-electron chi connectivity index (χ1n) is 11.2. The minimum absolute atomic E-state index is 0.0403. The lowest BCUT2D eigenvalue weighted by molar-refractivity contribution is 0.0597. The van der Waals surface area contributed by atoms with E-state index in [1.807, 2.05) is 18.2 Å². The van der Waals surface area contributed by atoms with Crippen LogP contribution in [0.25, 0.3) is 17.1 Å². The standard InChI is InChI=1S/C25H26N4O2/c1-2-8-21-19(7-1)20(24-27-23(28-31-24)22-9-3-4-12-26-22)16-25(21)10-13-29(14-11-25)17-18-6-5-15-30-18/h1-4,7-9,12,16,18H,5-6,10-11,13-15,17H2. The lowest BCUT2D eigenvalue weighted by Gasteiger charge is -2.40. The Kier molecular flexibility index (Phi) is 4.69. The summed E-state index contributed by atoms with van der Waals surface area (Å²) in [5.41, 5.74) is 4.42. The third kappa shape index (κ3) is 3.40. The molecule has 2 aromatic heterocycles. The maximum Gasteiger partial charge on any atom is 0.258 e. The molecule has 0 saturated carbocycles. The van der Waals surface area contributed by atoms with Gasteiger partial charge in [-0.25, -0.2) is 0 Å². The van der Waals surface area contributed by atoms with Crippen molar-refractivity contribution in [2.75, 3.05) is 26.2 Å². The molecular formula is C25H26N4O2. The van der Waals surface area contributed by atoms with E-state index < -0.39 is 0 Å². The van der Waals surface area contributed by atoms with Crippen molar-refractivity contribution >= 4 is 5.57 Å². The molecule has 1 aliphatic carbocycles. The summed E-state index contributed by atoms with van der Waals surface area (Å²) in [5, 5.41) is 4.20. The zero-order valence-electron chi connectivity index (χ0n) is 17.5. The third-order valence-electron chi connectivity index (χ3n) is 6.96. The molecule has 0 amide bonds. The quantitative estimate of drug-likeness (QED) is 0.641. The van der Waals surface area contributed by atoms with Crippen LogP contribution in [0.4, 0.5) is 0 Å². The van der Waals surface area contributed by atoms with E-state index in [0.717, 1.165) is 50.3 Å². The zero-order valence-corrected chi connectivity index (χ0v) is 17.5. The monoisotopic (exact) mass is 414 g/mol. The number of pyridine rings is 1. The van der Waals surface area contributed by atoms with Gasteiger partial charge in [-0.05, 0) is 62.0 Å². The second-order valence-electron chi connectivity index (χ2n) is 8.83. The predicted molar refractivity (Wildman–Crippen MR) is 117 cm³/mol.